The Kier molecular flexibility index (Phi) is 3.01. The number of fused-ring (bicyclic) bond motifs is 1. The van der Waals surface area contributed by atoms with Crippen LogP contribution in [-0.4, -0.2) is 21.0 Å². The fourth-order valence-electron chi connectivity index (χ4n) is 1.75. The fraction of sp³-hybridized carbons (Fsp3) is 0.182. The van der Waals surface area contributed by atoms with Crippen LogP contribution in [0.3, 0.4) is 0 Å². The Bertz CT molecular complexity index is 706. The molecule has 0 unspecified atom stereocenters. The number of carboxylic acids is 1. The van der Waals surface area contributed by atoms with Crippen molar-refractivity contribution in [1.29, 1.82) is 0 Å². The Labute approximate surface area is 103 Å². The summed E-state index contributed by atoms with van der Waals surface area (Å²) in [4.78, 5) is 27.3. The smallest absolute Gasteiger partial charge is 0.418 e. The van der Waals surface area contributed by atoms with Gasteiger partial charge in [-0.3, -0.25) is 4.79 Å². The molecule has 1 aromatic carbocycles. The first-order valence-electron chi connectivity index (χ1n) is 5.10. The Morgan fingerprint density at radius 1 is 1.37 bits per heavy atom. The summed E-state index contributed by atoms with van der Waals surface area (Å²) in [6.45, 7) is 0. The zero-order valence-corrected chi connectivity index (χ0v) is 9.28. The maximum atomic E-state index is 12.8. The molecule has 0 radical (unpaired) electrons. The molecule has 2 aromatic rings. The molecule has 1 heterocycles. The number of alkyl halides is 3. The summed E-state index contributed by atoms with van der Waals surface area (Å²) in [5.74, 6) is -1.26. The van der Waals surface area contributed by atoms with Crippen molar-refractivity contribution in [2.75, 3.05) is 0 Å². The van der Waals surface area contributed by atoms with Crippen LogP contribution in [0, 0.1) is 0 Å². The van der Waals surface area contributed by atoms with Crippen LogP contribution in [0.4, 0.5) is 13.2 Å². The zero-order chi connectivity index (χ0) is 14.2. The minimum absolute atomic E-state index is 0.0307. The normalized spacial score (nSPS) is 11.7. The molecule has 19 heavy (non-hydrogen) atoms. The number of nitrogens with zero attached hydrogens (tertiary/aromatic N) is 1. The molecule has 0 bridgehead atoms. The monoisotopic (exact) mass is 272 g/mol. The van der Waals surface area contributed by atoms with Crippen LogP contribution < -0.4 is 5.69 Å². The summed E-state index contributed by atoms with van der Waals surface area (Å²) in [7, 11) is 0. The highest BCUT2D eigenvalue weighted by molar-refractivity contribution is 5.87. The van der Waals surface area contributed by atoms with Gasteiger partial charge in [0.2, 0.25) is 0 Å². The predicted octanol–water partition coefficient (Wildman–Crippen LogP) is 1.57. The number of nitrogens with one attached hydrogen (secondary N) is 1. The van der Waals surface area contributed by atoms with Crippen molar-refractivity contribution in [1.82, 2.24) is 9.97 Å². The molecule has 0 amide bonds. The van der Waals surface area contributed by atoms with E-state index in [1.54, 1.807) is 0 Å². The Morgan fingerprint density at radius 2 is 2.05 bits per heavy atom. The molecule has 0 saturated carbocycles. The molecule has 0 saturated heterocycles. The third-order valence-electron chi connectivity index (χ3n) is 2.47. The van der Waals surface area contributed by atoms with E-state index < -0.39 is 35.3 Å². The lowest BCUT2D eigenvalue weighted by Crippen LogP contribution is -2.18. The van der Waals surface area contributed by atoms with Gasteiger partial charge >= 0.3 is 17.8 Å². The van der Waals surface area contributed by atoms with Crippen molar-refractivity contribution >= 4 is 16.9 Å². The molecule has 5 nitrogen and oxygen atoms in total. The highest BCUT2D eigenvalue weighted by Gasteiger charge is 2.33. The number of aromatic nitrogens is 2. The first kappa shape index (κ1) is 13.1. The van der Waals surface area contributed by atoms with Crippen molar-refractivity contribution in [2.24, 2.45) is 0 Å². The van der Waals surface area contributed by atoms with E-state index in [0.717, 1.165) is 12.1 Å². The number of H-pyrrole nitrogens is 1. The van der Waals surface area contributed by atoms with Crippen LogP contribution in [0.2, 0.25) is 0 Å². The van der Waals surface area contributed by atoms with Gasteiger partial charge < -0.3 is 10.1 Å². The molecule has 2 rings (SSSR count). The first-order valence-corrected chi connectivity index (χ1v) is 5.10. The van der Waals surface area contributed by atoms with Gasteiger partial charge in [-0.05, 0) is 6.07 Å². The van der Waals surface area contributed by atoms with E-state index in [4.69, 9.17) is 5.11 Å². The number of hydrogen-bond acceptors (Lipinski definition) is 3. The molecule has 0 spiro atoms. The summed E-state index contributed by atoms with van der Waals surface area (Å²) in [6.07, 6.45) is -5.25. The average molecular weight is 272 g/mol. The molecular weight excluding hydrogens is 265 g/mol. The largest absolute Gasteiger partial charge is 0.481 e. The van der Waals surface area contributed by atoms with Gasteiger partial charge in [-0.1, -0.05) is 12.1 Å². The van der Waals surface area contributed by atoms with E-state index in [9.17, 15) is 22.8 Å². The number of para-hydroxylation sites is 1. The SMILES string of the molecule is O=C(O)Cc1[nH]c(=O)nc2c(C(F)(F)F)cccc12. The number of rotatable bonds is 2. The summed E-state index contributed by atoms with van der Waals surface area (Å²) in [5, 5.41) is 8.65. The van der Waals surface area contributed by atoms with Crippen LogP contribution in [0.1, 0.15) is 11.3 Å². The van der Waals surface area contributed by atoms with Gasteiger partial charge in [0.25, 0.3) is 0 Å². The molecular formula is C11H7F3N2O3. The average Bonchev–Trinajstić information content (AvgIpc) is 2.25. The summed E-state index contributed by atoms with van der Waals surface area (Å²) in [5.41, 5.74) is -2.73. The minimum Gasteiger partial charge on any atom is -0.481 e. The second-order valence-electron chi connectivity index (χ2n) is 3.79. The third kappa shape index (κ3) is 2.56. The first-order chi connectivity index (χ1) is 8.79. The standard InChI is InChI=1S/C11H7F3N2O3/c12-11(13,14)6-3-1-2-5-7(4-8(17)18)15-10(19)16-9(5)6/h1-3H,4H2,(H,17,18)(H,15,16,19). The second-order valence-corrected chi connectivity index (χ2v) is 3.79. The van der Waals surface area contributed by atoms with E-state index in [1.807, 2.05) is 0 Å². The van der Waals surface area contributed by atoms with Gasteiger partial charge in [0.1, 0.15) is 0 Å². The number of carbonyl (C=O) groups is 1. The molecule has 100 valence electrons. The number of carboxylic acid groups (broad SMARTS) is 1. The molecule has 1 aromatic heterocycles. The van der Waals surface area contributed by atoms with Crippen molar-refractivity contribution < 1.29 is 23.1 Å². The lowest BCUT2D eigenvalue weighted by atomic mass is 10.1. The fourth-order valence-corrected chi connectivity index (χ4v) is 1.75. The highest BCUT2D eigenvalue weighted by atomic mass is 19.4. The number of halogens is 3. The topological polar surface area (TPSA) is 83.0 Å². The zero-order valence-electron chi connectivity index (χ0n) is 9.28. The van der Waals surface area contributed by atoms with E-state index in [-0.39, 0.29) is 11.1 Å². The lowest BCUT2D eigenvalue weighted by molar-refractivity contribution is -0.137. The van der Waals surface area contributed by atoms with Gasteiger partial charge in [-0.15, -0.1) is 0 Å². The van der Waals surface area contributed by atoms with E-state index in [0.29, 0.717) is 0 Å². The molecule has 0 atom stereocenters. The minimum atomic E-state index is -4.67. The van der Waals surface area contributed by atoms with Gasteiger partial charge in [0.15, 0.2) is 0 Å². The predicted molar refractivity (Wildman–Crippen MR) is 58.7 cm³/mol. The number of aromatic amines is 1. The number of hydrogen-bond donors (Lipinski definition) is 2. The summed E-state index contributed by atoms with van der Waals surface area (Å²) in [6, 6.07) is 3.21. The van der Waals surface area contributed by atoms with Gasteiger partial charge in [-0.25, -0.2) is 4.79 Å². The van der Waals surface area contributed by atoms with Crippen LogP contribution in [0.5, 0.6) is 0 Å². The van der Waals surface area contributed by atoms with Gasteiger partial charge in [0, 0.05) is 11.1 Å². The maximum absolute atomic E-state index is 12.8. The van der Waals surface area contributed by atoms with E-state index in [1.165, 1.54) is 6.07 Å². The van der Waals surface area contributed by atoms with E-state index >= 15 is 0 Å². The quantitative estimate of drug-likeness (QED) is 0.869. The molecule has 0 aliphatic heterocycles. The summed E-state index contributed by atoms with van der Waals surface area (Å²) < 4.78 is 38.3. The second kappa shape index (κ2) is 4.38. The molecule has 0 aliphatic carbocycles. The van der Waals surface area contributed by atoms with E-state index in [2.05, 4.69) is 9.97 Å². The Morgan fingerprint density at radius 3 is 2.63 bits per heavy atom. The van der Waals surface area contributed by atoms with Crippen molar-refractivity contribution in [3.05, 3.63) is 39.9 Å². The van der Waals surface area contributed by atoms with Crippen LogP contribution in [0.25, 0.3) is 10.9 Å². The summed E-state index contributed by atoms with van der Waals surface area (Å²) >= 11 is 0. The lowest BCUT2D eigenvalue weighted by Gasteiger charge is -2.10. The van der Waals surface area contributed by atoms with Crippen LogP contribution >= 0.6 is 0 Å². The van der Waals surface area contributed by atoms with Crippen molar-refractivity contribution in [3.8, 4) is 0 Å². The number of benzene rings is 1. The Hall–Kier alpha value is -2.38. The Balaban J connectivity index is 2.81. The molecule has 0 fully saturated rings. The van der Waals surface area contributed by atoms with Crippen molar-refractivity contribution in [2.45, 2.75) is 12.6 Å². The molecule has 2 N–H and O–H groups in total. The van der Waals surface area contributed by atoms with Gasteiger partial charge in [0.05, 0.1) is 17.5 Å². The van der Waals surface area contributed by atoms with Crippen LogP contribution in [-0.2, 0) is 17.4 Å². The van der Waals surface area contributed by atoms with Gasteiger partial charge in [-0.2, -0.15) is 18.2 Å². The maximum Gasteiger partial charge on any atom is 0.418 e. The highest BCUT2D eigenvalue weighted by Crippen LogP contribution is 2.33. The van der Waals surface area contributed by atoms with Crippen molar-refractivity contribution in [3.63, 3.8) is 0 Å². The molecule has 0 aliphatic rings. The van der Waals surface area contributed by atoms with Crippen LogP contribution in [0.15, 0.2) is 23.0 Å². The third-order valence-corrected chi connectivity index (χ3v) is 2.47. The number of aliphatic carboxylic acids is 1. The molecule has 8 heteroatoms.